The van der Waals surface area contributed by atoms with Crippen LogP contribution < -0.4 is 0 Å². The Labute approximate surface area is 139 Å². The molecule has 0 amide bonds. The van der Waals surface area contributed by atoms with Gasteiger partial charge in [-0.05, 0) is 68.9 Å². The molecule has 0 aliphatic heterocycles. The molecular weight excluding hydrogens is 301 g/mol. The summed E-state index contributed by atoms with van der Waals surface area (Å²) in [4.78, 5) is 2.39. The predicted molar refractivity (Wildman–Crippen MR) is 93.6 cm³/mol. The monoisotopic (exact) mass is 327 g/mol. The van der Waals surface area contributed by atoms with Crippen molar-refractivity contribution in [3.63, 3.8) is 0 Å². The summed E-state index contributed by atoms with van der Waals surface area (Å²) in [7, 11) is 2.20. The Hall–Kier alpha value is -0.240. The molecule has 1 aromatic rings. The zero-order chi connectivity index (χ0) is 15.3. The van der Waals surface area contributed by atoms with E-state index >= 15 is 0 Å². The summed E-state index contributed by atoms with van der Waals surface area (Å²) < 4.78 is 0. The zero-order valence-corrected chi connectivity index (χ0v) is 14.8. The minimum Gasteiger partial charge on any atom is -0.307 e. The Morgan fingerprint density at radius 1 is 1.10 bits per heavy atom. The molecule has 118 valence electrons. The van der Waals surface area contributed by atoms with Crippen LogP contribution in [0.1, 0.15) is 57.4 Å². The first-order valence-corrected chi connectivity index (χ1v) is 8.97. The van der Waals surface area contributed by atoms with Gasteiger partial charge in [-0.15, -0.1) is 0 Å². The molecule has 0 bridgehead atoms. The maximum absolute atomic E-state index is 6.26. The Morgan fingerprint density at radius 2 is 1.81 bits per heavy atom. The molecule has 1 nitrogen and oxygen atoms in total. The first-order chi connectivity index (χ1) is 10.1. The normalized spacial score (nSPS) is 18.1. The average molecular weight is 328 g/mol. The third-order valence-electron chi connectivity index (χ3n) is 5.08. The molecule has 1 fully saturated rings. The number of hydrogen-bond donors (Lipinski definition) is 0. The molecule has 0 spiro atoms. The molecule has 21 heavy (non-hydrogen) atoms. The topological polar surface area (TPSA) is 3.24 Å². The number of hydrogen-bond acceptors (Lipinski definition) is 1. The van der Waals surface area contributed by atoms with Gasteiger partial charge in [-0.2, -0.15) is 0 Å². The molecule has 0 atom stereocenters. The lowest BCUT2D eigenvalue weighted by Crippen LogP contribution is -2.30. The summed E-state index contributed by atoms with van der Waals surface area (Å²) in [5, 5.41) is 1.36. The van der Waals surface area contributed by atoms with Crippen molar-refractivity contribution < 1.29 is 0 Å². The van der Waals surface area contributed by atoms with Crippen molar-refractivity contribution in [2.75, 3.05) is 20.1 Å². The zero-order valence-electron chi connectivity index (χ0n) is 13.3. The van der Waals surface area contributed by atoms with Crippen LogP contribution in [-0.4, -0.2) is 25.0 Å². The highest BCUT2D eigenvalue weighted by molar-refractivity contribution is 6.42. The van der Waals surface area contributed by atoms with Crippen molar-refractivity contribution in [2.45, 2.75) is 57.3 Å². The Bertz CT molecular complexity index is 453. The van der Waals surface area contributed by atoms with Crippen LogP contribution in [0.5, 0.6) is 0 Å². The van der Waals surface area contributed by atoms with Crippen molar-refractivity contribution in [2.24, 2.45) is 0 Å². The van der Waals surface area contributed by atoms with Crippen molar-refractivity contribution in [3.8, 4) is 0 Å². The third-order valence-corrected chi connectivity index (χ3v) is 5.82. The summed E-state index contributed by atoms with van der Waals surface area (Å²) in [6.07, 6.45) is 9.15. The standard InChI is InChI=1S/C18H27Cl2N/c1-3-21(2)13-7-12-18(10-5-4-6-11-18)15-8-9-16(19)17(20)14-15/h8-9,14H,3-7,10-13H2,1-2H3. The van der Waals surface area contributed by atoms with Gasteiger partial charge in [0, 0.05) is 0 Å². The molecule has 0 unspecified atom stereocenters. The van der Waals surface area contributed by atoms with Gasteiger partial charge in [0.1, 0.15) is 0 Å². The van der Waals surface area contributed by atoms with E-state index in [4.69, 9.17) is 23.2 Å². The summed E-state index contributed by atoms with van der Waals surface area (Å²) >= 11 is 12.4. The molecule has 0 N–H and O–H groups in total. The number of nitrogens with zero attached hydrogens (tertiary/aromatic N) is 1. The van der Waals surface area contributed by atoms with Crippen LogP contribution in [0.2, 0.25) is 10.0 Å². The van der Waals surface area contributed by atoms with E-state index < -0.39 is 0 Å². The molecule has 1 aliphatic rings. The summed E-state index contributed by atoms with van der Waals surface area (Å²) in [6.45, 7) is 4.52. The number of halogens is 2. The number of benzene rings is 1. The largest absolute Gasteiger partial charge is 0.307 e. The summed E-state index contributed by atoms with van der Waals surface area (Å²) in [6, 6.07) is 6.27. The van der Waals surface area contributed by atoms with E-state index in [0.29, 0.717) is 15.5 Å². The summed E-state index contributed by atoms with van der Waals surface area (Å²) in [5.74, 6) is 0. The highest BCUT2D eigenvalue weighted by Gasteiger charge is 2.33. The van der Waals surface area contributed by atoms with Crippen LogP contribution >= 0.6 is 23.2 Å². The minimum atomic E-state index is 0.320. The van der Waals surface area contributed by atoms with E-state index in [2.05, 4.69) is 31.0 Å². The van der Waals surface area contributed by atoms with E-state index in [1.807, 2.05) is 6.07 Å². The molecule has 0 heterocycles. The number of rotatable bonds is 6. The highest BCUT2D eigenvalue weighted by Crippen LogP contribution is 2.44. The second-order valence-electron chi connectivity index (χ2n) is 6.47. The lowest BCUT2D eigenvalue weighted by Gasteiger charge is -2.38. The highest BCUT2D eigenvalue weighted by atomic mass is 35.5. The quantitative estimate of drug-likeness (QED) is 0.626. The molecule has 1 saturated carbocycles. The van der Waals surface area contributed by atoms with Gasteiger partial charge in [0.25, 0.3) is 0 Å². The van der Waals surface area contributed by atoms with E-state index in [-0.39, 0.29) is 0 Å². The predicted octanol–water partition coefficient (Wildman–Crippen LogP) is 5.93. The molecule has 0 saturated heterocycles. The van der Waals surface area contributed by atoms with Crippen LogP contribution in [0.15, 0.2) is 18.2 Å². The smallest absolute Gasteiger partial charge is 0.0595 e. The average Bonchev–Trinajstić information content (AvgIpc) is 2.50. The molecule has 0 aromatic heterocycles. The van der Waals surface area contributed by atoms with E-state index in [1.54, 1.807) is 0 Å². The first-order valence-electron chi connectivity index (χ1n) is 8.21. The van der Waals surface area contributed by atoms with Crippen LogP contribution in [0.25, 0.3) is 0 Å². The molecular formula is C18H27Cl2N. The molecule has 2 rings (SSSR count). The van der Waals surface area contributed by atoms with Gasteiger partial charge in [-0.25, -0.2) is 0 Å². The van der Waals surface area contributed by atoms with Gasteiger partial charge in [0.05, 0.1) is 10.0 Å². The third kappa shape index (κ3) is 4.37. The van der Waals surface area contributed by atoms with Crippen LogP contribution in [0.3, 0.4) is 0 Å². The molecule has 3 heteroatoms. The van der Waals surface area contributed by atoms with Gasteiger partial charge in [-0.1, -0.05) is 55.5 Å². The second-order valence-corrected chi connectivity index (χ2v) is 7.28. The summed E-state index contributed by atoms with van der Waals surface area (Å²) in [5.41, 5.74) is 1.72. The first kappa shape index (κ1) is 17.1. The SMILES string of the molecule is CCN(C)CCCC1(c2ccc(Cl)c(Cl)c2)CCCCC1. The Balaban J connectivity index is 2.14. The second kappa shape index (κ2) is 7.85. The van der Waals surface area contributed by atoms with Gasteiger partial charge in [-0.3, -0.25) is 0 Å². The fourth-order valence-corrected chi connectivity index (χ4v) is 3.88. The van der Waals surface area contributed by atoms with Crippen molar-refractivity contribution in [1.82, 2.24) is 4.90 Å². The lowest BCUT2D eigenvalue weighted by atomic mass is 9.67. The fraction of sp³-hybridized carbons (Fsp3) is 0.667. The lowest BCUT2D eigenvalue weighted by molar-refractivity contribution is 0.248. The molecule has 1 aliphatic carbocycles. The Morgan fingerprint density at radius 3 is 2.43 bits per heavy atom. The molecule has 0 radical (unpaired) electrons. The van der Waals surface area contributed by atoms with Crippen molar-refractivity contribution >= 4 is 23.2 Å². The minimum absolute atomic E-state index is 0.320. The van der Waals surface area contributed by atoms with Crippen LogP contribution in [0.4, 0.5) is 0 Å². The van der Waals surface area contributed by atoms with Crippen molar-refractivity contribution in [3.05, 3.63) is 33.8 Å². The fourth-order valence-electron chi connectivity index (χ4n) is 3.58. The van der Waals surface area contributed by atoms with Crippen molar-refractivity contribution in [1.29, 1.82) is 0 Å². The molecule has 1 aromatic carbocycles. The maximum atomic E-state index is 6.26. The van der Waals surface area contributed by atoms with Crippen LogP contribution in [-0.2, 0) is 5.41 Å². The van der Waals surface area contributed by atoms with E-state index in [0.717, 1.165) is 6.54 Å². The Kier molecular flexibility index (Phi) is 6.40. The van der Waals surface area contributed by atoms with Gasteiger partial charge in [0.15, 0.2) is 0 Å². The van der Waals surface area contributed by atoms with Gasteiger partial charge >= 0.3 is 0 Å². The van der Waals surface area contributed by atoms with E-state index in [9.17, 15) is 0 Å². The van der Waals surface area contributed by atoms with Gasteiger partial charge < -0.3 is 4.90 Å². The van der Waals surface area contributed by atoms with Gasteiger partial charge in [0.2, 0.25) is 0 Å². The van der Waals surface area contributed by atoms with Crippen LogP contribution in [0, 0.1) is 0 Å². The van der Waals surface area contributed by atoms with E-state index in [1.165, 1.54) is 57.1 Å². The maximum Gasteiger partial charge on any atom is 0.0595 e.